The molecule has 0 radical (unpaired) electrons. The molecule has 1 N–H and O–H groups in total. The third kappa shape index (κ3) is 4.12. The zero-order valence-corrected chi connectivity index (χ0v) is 16.5. The number of nitrogens with zero attached hydrogens (tertiary/aromatic N) is 3. The number of aromatic nitrogens is 2. The lowest BCUT2D eigenvalue weighted by Crippen LogP contribution is -2.29. The standard InChI is InChI=1S/C22H28FN3O2/c1-3-15(20-6-5-18(27)10-24-20)11-26-12-16-8-19(9-17(16)13-26)28-21-7-4-14(2)25-22(21)23/h4-7,10,15-17,19,27H,3,8-9,11-13H2,1-2H3/t15?,16-,17+,19+. The van der Waals surface area contributed by atoms with Crippen LogP contribution in [0.3, 0.4) is 0 Å². The Morgan fingerprint density at radius 1 is 1.21 bits per heavy atom. The second-order valence-corrected chi connectivity index (χ2v) is 8.24. The maximum absolute atomic E-state index is 14.0. The first-order chi connectivity index (χ1) is 13.5. The summed E-state index contributed by atoms with van der Waals surface area (Å²) in [6.07, 6.45) is 4.58. The number of rotatable bonds is 6. The summed E-state index contributed by atoms with van der Waals surface area (Å²) < 4.78 is 19.9. The molecule has 2 aliphatic rings. The average Bonchev–Trinajstić information content (AvgIpc) is 3.21. The second kappa shape index (κ2) is 8.03. The zero-order valence-electron chi connectivity index (χ0n) is 16.5. The lowest BCUT2D eigenvalue weighted by Gasteiger charge is -2.24. The summed E-state index contributed by atoms with van der Waals surface area (Å²) in [5, 5.41) is 9.45. The molecular weight excluding hydrogens is 357 g/mol. The molecule has 1 saturated heterocycles. The number of hydrogen-bond acceptors (Lipinski definition) is 5. The Morgan fingerprint density at radius 2 is 1.96 bits per heavy atom. The third-order valence-electron chi connectivity index (χ3n) is 6.19. The van der Waals surface area contributed by atoms with Crippen molar-refractivity contribution < 1.29 is 14.2 Å². The number of aryl methyl sites for hydroxylation is 1. The van der Waals surface area contributed by atoms with E-state index >= 15 is 0 Å². The molecule has 0 spiro atoms. The predicted molar refractivity (Wildman–Crippen MR) is 105 cm³/mol. The molecule has 1 aliphatic carbocycles. The highest BCUT2D eigenvalue weighted by Crippen LogP contribution is 2.40. The summed E-state index contributed by atoms with van der Waals surface area (Å²) in [7, 11) is 0. The minimum absolute atomic E-state index is 0.0805. The quantitative estimate of drug-likeness (QED) is 0.764. The highest BCUT2D eigenvalue weighted by atomic mass is 19.1. The van der Waals surface area contributed by atoms with Crippen LogP contribution in [0.5, 0.6) is 11.5 Å². The summed E-state index contributed by atoms with van der Waals surface area (Å²) in [5.74, 6) is 1.57. The third-order valence-corrected chi connectivity index (χ3v) is 6.19. The average molecular weight is 385 g/mol. The molecule has 6 heteroatoms. The van der Waals surface area contributed by atoms with Gasteiger partial charge < -0.3 is 14.7 Å². The van der Waals surface area contributed by atoms with E-state index in [0.29, 0.717) is 23.4 Å². The molecule has 28 heavy (non-hydrogen) atoms. The van der Waals surface area contributed by atoms with Crippen molar-refractivity contribution in [3.8, 4) is 11.5 Å². The van der Waals surface area contributed by atoms with Crippen molar-refractivity contribution in [1.82, 2.24) is 14.9 Å². The molecule has 1 aliphatic heterocycles. The van der Waals surface area contributed by atoms with Crippen LogP contribution in [0.1, 0.15) is 43.5 Å². The van der Waals surface area contributed by atoms with Crippen molar-refractivity contribution in [1.29, 1.82) is 0 Å². The Hall–Kier alpha value is -2.21. The Balaban J connectivity index is 1.31. The van der Waals surface area contributed by atoms with Gasteiger partial charge in [-0.25, -0.2) is 4.98 Å². The van der Waals surface area contributed by atoms with E-state index in [0.717, 1.165) is 44.6 Å². The van der Waals surface area contributed by atoms with Gasteiger partial charge in [-0.3, -0.25) is 4.98 Å². The minimum Gasteiger partial charge on any atom is -0.506 e. The lowest BCUT2D eigenvalue weighted by molar-refractivity contribution is 0.175. The van der Waals surface area contributed by atoms with Gasteiger partial charge in [0.2, 0.25) is 0 Å². The van der Waals surface area contributed by atoms with Gasteiger partial charge in [-0.05, 0) is 62.3 Å². The Labute approximate surface area is 165 Å². The molecule has 4 atom stereocenters. The van der Waals surface area contributed by atoms with Gasteiger partial charge in [-0.2, -0.15) is 4.39 Å². The van der Waals surface area contributed by atoms with E-state index in [-0.39, 0.29) is 17.6 Å². The number of likely N-dealkylation sites (tertiary alicyclic amines) is 1. The van der Waals surface area contributed by atoms with Gasteiger partial charge in [0.05, 0.1) is 12.3 Å². The van der Waals surface area contributed by atoms with Crippen molar-refractivity contribution in [3.05, 3.63) is 47.8 Å². The molecule has 1 unspecified atom stereocenters. The fourth-order valence-electron chi connectivity index (χ4n) is 4.75. The summed E-state index contributed by atoms with van der Waals surface area (Å²) >= 11 is 0. The summed E-state index contributed by atoms with van der Waals surface area (Å²) in [6, 6.07) is 7.12. The number of ether oxygens (including phenoxy) is 1. The van der Waals surface area contributed by atoms with Crippen LogP contribution in [0.2, 0.25) is 0 Å². The fourth-order valence-corrected chi connectivity index (χ4v) is 4.75. The van der Waals surface area contributed by atoms with Crippen molar-refractivity contribution in [3.63, 3.8) is 0 Å². The number of aromatic hydroxyl groups is 1. The summed E-state index contributed by atoms with van der Waals surface area (Å²) in [4.78, 5) is 10.8. The Kier molecular flexibility index (Phi) is 5.49. The summed E-state index contributed by atoms with van der Waals surface area (Å²) in [5.41, 5.74) is 1.71. The van der Waals surface area contributed by atoms with Crippen LogP contribution in [-0.4, -0.2) is 45.7 Å². The Bertz CT molecular complexity index is 800. The van der Waals surface area contributed by atoms with Gasteiger partial charge in [-0.15, -0.1) is 0 Å². The molecule has 0 bridgehead atoms. The van der Waals surface area contributed by atoms with E-state index in [1.165, 1.54) is 6.20 Å². The first kappa shape index (κ1) is 19.1. The molecule has 2 fully saturated rings. The molecule has 5 nitrogen and oxygen atoms in total. The highest BCUT2D eigenvalue weighted by molar-refractivity contribution is 5.22. The SMILES string of the molecule is CCC(CN1C[C@H]2C[C@H](Oc3ccc(C)nc3F)C[C@H]2C1)c1ccc(O)cn1. The van der Waals surface area contributed by atoms with Crippen molar-refractivity contribution in [2.24, 2.45) is 11.8 Å². The predicted octanol–water partition coefficient (Wildman–Crippen LogP) is 3.91. The van der Waals surface area contributed by atoms with Gasteiger partial charge in [0, 0.05) is 36.9 Å². The van der Waals surface area contributed by atoms with Crippen molar-refractivity contribution >= 4 is 0 Å². The smallest absolute Gasteiger partial charge is 0.255 e. The number of hydrogen-bond donors (Lipinski definition) is 1. The fraction of sp³-hybridized carbons (Fsp3) is 0.545. The van der Waals surface area contributed by atoms with Crippen LogP contribution in [-0.2, 0) is 0 Å². The Morgan fingerprint density at radius 3 is 2.57 bits per heavy atom. The van der Waals surface area contributed by atoms with E-state index in [2.05, 4.69) is 21.8 Å². The lowest BCUT2D eigenvalue weighted by atomic mass is 10.0. The summed E-state index contributed by atoms with van der Waals surface area (Å²) in [6.45, 7) is 7.08. The van der Waals surface area contributed by atoms with E-state index in [9.17, 15) is 9.50 Å². The molecule has 0 amide bonds. The zero-order chi connectivity index (χ0) is 19.7. The first-order valence-electron chi connectivity index (χ1n) is 10.2. The van der Waals surface area contributed by atoms with Crippen LogP contribution in [0, 0.1) is 24.7 Å². The highest BCUT2D eigenvalue weighted by Gasteiger charge is 2.42. The van der Waals surface area contributed by atoms with E-state index in [1.54, 1.807) is 25.1 Å². The molecule has 3 heterocycles. The number of pyridine rings is 2. The molecular formula is C22H28FN3O2. The normalized spacial score (nSPS) is 25.6. The largest absolute Gasteiger partial charge is 0.506 e. The van der Waals surface area contributed by atoms with Gasteiger partial charge >= 0.3 is 0 Å². The second-order valence-electron chi connectivity index (χ2n) is 8.24. The van der Waals surface area contributed by atoms with Crippen LogP contribution in [0.25, 0.3) is 0 Å². The minimum atomic E-state index is -0.508. The van der Waals surface area contributed by atoms with Crippen LogP contribution >= 0.6 is 0 Å². The monoisotopic (exact) mass is 385 g/mol. The van der Waals surface area contributed by atoms with E-state index < -0.39 is 5.95 Å². The molecule has 0 aromatic carbocycles. The van der Waals surface area contributed by atoms with Crippen LogP contribution < -0.4 is 4.74 Å². The van der Waals surface area contributed by atoms with E-state index in [1.807, 2.05) is 6.07 Å². The van der Waals surface area contributed by atoms with Gasteiger partial charge in [0.25, 0.3) is 5.95 Å². The van der Waals surface area contributed by atoms with Gasteiger partial charge in [0.15, 0.2) is 5.75 Å². The van der Waals surface area contributed by atoms with Gasteiger partial charge in [-0.1, -0.05) is 6.92 Å². The first-order valence-corrected chi connectivity index (χ1v) is 10.2. The van der Waals surface area contributed by atoms with Crippen LogP contribution in [0.15, 0.2) is 30.5 Å². The van der Waals surface area contributed by atoms with Crippen LogP contribution in [0.4, 0.5) is 4.39 Å². The number of fused-ring (bicyclic) bond motifs is 1. The van der Waals surface area contributed by atoms with E-state index in [4.69, 9.17) is 4.74 Å². The number of halogens is 1. The molecule has 2 aromatic heterocycles. The maximum Gasteiger partial charge on any atom is 0.255 e. The molecule has 1 saturated carbocycles. The van der Waals surface area contributed by atoms with Crippen molar-refractivity contribution in [2.75, 3.05) is 19.6 Å². The topological polar surface area (TPSA) is 58.5 Å². The maximum atomic E-state index is 14.0. The van der Waals surface area contributed by atoms with Gasteiger partial charge in [0.1, 0.15) is 5.75 Å². The van der Waals surface area contributed by atoms with Crippen molar-refractivity contribution in [2.45, 2.75) is 45.1 Å². The molecule has 150 valence electrons. The molecule has 4 rings (SSSR count). The molecule has 2 aromatic rings.